The molecule has 100 valence electrons. The number of thiophene rings is 1. The standard InChI is InChI=1S/C13H15N3OS2/c1-16-8-9(5-12(16)17)14-6-10-7-15-13(19-10)11-3-2-4-18-11/h2-4,7,9,14H,5-6,8H2,1H3. The highest BCUT2D eigenvalue weighted by Crippen LogP contribution is 2.28. The number of nitrogens with one attached hydrogen (secondary N) is 1. The quantitative estimate of drug-likeness (QED) is 0.940. The lowest BCUT2D eigenvalue weighted by Gasteiger charge is -2.10. The maximum absolute atomic E-state index is 11.4. The van der Waals surface area contributed by atoms with Gasteiger partial charge in [-0.25, -0.2) is 4.98 Å². The number of nitrogens with zero attached hydrogens (tertiary/aromatic N) is 2. The van der Waals surface area contributed by atoms with Gasteiger partial charge in [0.05, 0.1) is 4.88 Å². The van der Waals surface area contributed by atoms with Crippen molar-refractivity contribution in [1.82, 2.24) is 15.2 Å². The van der Waals surface area contributed by atoms with Crippen LogP contribution in [-0.4, -0.2) is 35.4 Å². The van der Waals surface area contributed by atoms with Gasteiger partial charge in [0.25, 0.3) is 0 Å². The highest BCUT2D eigenvalue weighted by molar-refractivity contribution is 7.20. The first-order chi connectivity index (χ1) is 9.22. The van der Waals surface area contributed by atoms with Crippen LogP contribution in [0.25, 0.3) is 9.88 Å². The summed E-state index contributed by atoms with van der Waals surface area (Å²) >= 11 is 3.42. The molecule has 2 aromatic heterocycles. The fraction of sp³-hybridized carbons (Fsp3) is 0.385. The van der Waals surface area contributed by atoms with Crippen LogP contribution < -0.4 is 5.32 Å². The normalized spacial score (nSPS) is 19.3. The van der Waals surface area contributed by atoms with Crippen LogP contribution in [0, 0.1) is 0 Å². The van der Waals surface area contributed by atoms with E-state index in [4.69, 9.17) is 0 Å². The lowest BCUT2D eigenvalue weighted by Crippen LogP contribution is -2.30. The highest BCUT2D eigenvalue weighted by Gasteiger charge is 2.26. The molecule has 19 heavy (non-hydrogen) atoms. The summed E-state index contributed by atoms with van der Waals surface area (Å²) in [7, 11) is 1.85. The van der Waals surface area contributed by atoms with Gasteiger partial charge in [0.2, 0.25) is 5.91 Å². The van der Waals surface area contributed by atoms with Crippen molar-refractivity contribution >= 4 is 28.6 Å². The van der Waals surface area contributed by atoms with Crippen molar-refractivity contribution < 1.29 is 4.79 Å². The first-order valence-electron chi connectivity index (χ1n) is 6.18. The van der Waals surface area contributed by atoms with E-state index < -0.39 is 0 Å². The molecule has 0 aromatic carbocycles. The summed E-state index contributed by atoms with van der Waals surface area (Å²) in [5.74, 6) is 0.223. The van der Waals surface area contributed by atoms with Gasteiger partial charge in [0.15, 0.2) is 0 Å². The van der Waals surface area contributed by atoms with Gasteiger partial charge in [-0.05, 0) is 11.4 Å². The Morgan fingerprint density at radius 1 is 1.58 bits per heavy atom. The Bertz CT molecular complexity index is 564. The number of hydrogen-bond donors (Lipinski definition) is 1. The first-order valence-corrected chi connectivity index (χ1v) is 7.88. The third kappa shape index (κ3) is 2.86. The zero-order valence-electron chi connectivity index (χ0n) is 10.6. The van der Waals surface area contributed by atoms with Crippen molar-refractivity contribution in [2.75, 3.05) is 13.6 Å². The van der Waals surface area contributed by atoms with Gasteiger partial charge in [-0.2, -0.15) is 0 Å². The van der Waals surface area contributed by atoms with Crippen molar-refractivity contribution in [3.8, 4) is 9.88 Å². The van der Waals surface area contributed by atoms with Gasteiger partial charge in [-0.1, -0.05) is 6.07 Å². The summed E-state index contributed by atoms with van der Waals surface area (Å²) in [6.07, 6.45) is 2.53. The molecule has 3 rings (SSSR count). The van der Waals surface area contributed by atoms with Gasteiger partial charge in [-0.15, -0.1) is 22.7 Å². The number of carbonyl (C=O) groups is 1. The molecule has 1 fully saturated rings. The zero-order chi connectivity index (χ0) is 13.2. The van der Waals surface area contributed by atoms with Gasteiger partial charge < -0.3 is 10.2 Å². The monoisotopic (exact) mass is 293 g/mol. The smallest absolute Gasteiger partial charge is 0.224 e. The largest absolute Gasteiger partial charge is 0.344 e. The van der Waals surface area contributed by atoms with E-state index in [1.165, 1.54) is 9.75 Å². The van der Waals surface area contributed by atoms with Crippen molar-refractivity contribution in [3.05, 3.63) is 28.6 Å². The average molecular weight is 293 g/mol. The lowest BCUT2D eigenvalue weighted by atomic mass is 10.2. The summed E-state index contributed by atoms with van der Waals surface area (Å²) in [6.45, 7) is 1.59. The minimum atomic E-state index is 0.223. The molecule has 0 aliphatic carbocycles. The van der Waals surface area contributed by atoms with Crippen LogP contribution in [0.2, 0.25) is 0 Å². The van der Waals surface area contributed by atoms with E-state index in [1.807, 2.05) is 19.3 Å². The Labute approximate surface area is 120 Å². The second kappa shape index (κ2) is 5.40. The van der Waals surface area contributed by atoms with Crippen molar-refractivity contribution in [2.45, 2.75) is 19.0 Å². The second-order valence-electron chi connectivity index (χ2n) is 4.67. The van der Waals surface area contributed by atoms with E-state index in [2.05, 4.69) is 21.7 Å². The second-order valence-corrected chi connectivity index (χ2v) is 6.73. The summed E-state index contributed by atoms with van der Waals surface area (Å²) in [6, 6.07) is 4.40. The molecule has 1 unspecified atom stereocenters. The Balaban J connectivity index is 1.58. The van der Waals surface area contributed by atoms with E-state index in [-0.39, 0.29) is 11.9 Å². The molecule has 0 radical (unpaired) electrons. The molecule has 1 aliphatic heterocycles. The Kier molecular flexibility index (Phi) is 3.63. The number of carbonyl (C=O) groups excluding carboxylic acids is 1. The number of hydrogen-bond acceptors (Lipinski definition) is 5. The molecule has 6 heteroatoms. The van der Waals surface area contributed by atoms with E-state index >= 15 is 0 Å². The molecule has 0 spiro atoms. The summed E-state index contributed by atoms with van der Waals surface area (Å²) < 4.78 is 0. The minimum Gasteiger partial charge on any atom is -0.344 e. The molecule has 1 aliphatic rings. The molecule has 1 amide bonds. The van der Waals surface area contributed by atoms with Crippen LogP contribution in [0.1, 0.15) is 11.3 Å². The van der Waals surface area contributed by atoms with E-state index in [1.54, 1.807) is 27.6 Å². The van der Waals surface area contributed by atoms with Crippen LogP contribution in [0.4, 0.5) is 0 Å². The van der Waals surface area contributed by atoms with Gasteiger partial charge >= 0.3 is 0 Å². The van der Waals surface area contributed by atoms with Gasteiger partial charge in [0, 0.05) is 43.7 Å². The number of likely N-dealkylation sites (tertiary alicyclic amines) is 1. The maximum Gasteiger partial charge on any atom is 0.224 e. The first kappa shape index (κ1) is 12.8. The SMILES string of the molecule is CN1CC(NCc2cnc(-c3cccs3)s2)CC1=O. The number of amides is 1. The highest BCUT2D eigenvalue weighted by atomic mass is 32.1. The van der Waals surface area contributed by atoms with Gasteiger partial charge in [0.1, 0.15) is 5.01 Å². The van der Waals surface area contributed by atoms with E-state index in [0.717, 1.165) is 18.1 Å². The van der Waals surface area contributed by atoms with Crippen molar-refractivity contribution in [3.63, 3.8) is 0 Å². The van der Waals surface area contributed by atoms with E-state index in [0.29, 0.717) is 6.42 Å². The van der Waals surface area contributed by atoms with Crippen LogP contribution >= 0.6 is 22.7 Å². The topological polar surface area (TPSA) is 45.2 Å². The van der Waals surface area contributed by atoms with Crippen molar-refractivity contribution in [1.29, 1.82) is 0 Å². The zero-order valence-corrected chi connectivity index (χ0v) is 12.3. The molecule has 1 N–H and O–H groups in total. The third-order valence-corrected chi connectivity index (χ3v) is 5.23. The Morgan fingerprint density at radius 3 is 3.16 bits per heavy atom. The molecular weight excluding hydrogens is 278 g/mol. The predicted molar refractivity (Wildman–Crippen MR) is 78.3 cm³/mol. The number of thiazole rings is 1. The Hall–Kier alpha value is -1.24. The molecule has 1 saturated heterocycles. The van der Waals surface area contributed by atoms with Crippen LogP contribution in [0.15, 0.2) is 23.7 Å². The van der Waals surface area contributed by atoms with Crippen molar-refractivity contribution in [2.24, 2.45) is 0 Å². The summed E-state index contributed by atoms with van der Waals surface area (Å²) in [5, 5.41) is 6.57. The molecule has 0 bridgehead atoms. The predicted octanol–water partition coefficient (Wildman–Crippen LogP) is 2.19. The van der Waals surface area contributed by atoms with Crippen LogP contribution in [0.5, 0.6) is 0 Å². The van der Waals surface area contributed by atoms with Crippen LogP contribution in [-0.2, 0) is 11.3 Å². The summed E-state index contributed by atoms with van der Waals surface area (Å²) in [4.78, 5) is 20.1. The number of likely N-dealkylation sites (N-methyl/N-ethyl adjacent to an activating group) is 1. The van der Waals surface area contributed by atoms with Crippen LogP contribution in [0.3, 0.4) is 0 Å². The molecule has 0 saturated carbocycles. The fourth-order valence-electron chi connectivity index (χ4n) is 2.15. The molecule has 2 aromatic rings. The van der Waals surface area contributed by atoms with E-state index in [9.17, 15) is 4.79 Å². The molecule has 1 atom stereocenters. The molecule has 3 heterocycles. The lowest BCUT2D eigenvalue weighted by molar-refractivity contribution is -0.126. The summed E-state index contributed by atoms with van der Waals surface area (Å²) in [5.41, 5.74) is 0. The third-order valence-electron chi connectivity index (χ3n) is 3.19. The van der Waals surface area contributed by atoms with Gasteiger partial charge in [-0.3, -0.25) is 4.79 Å². The number of aromatic nitrogens is 1. The Morgan fingerprint density at radius 2 is 2.47 bits per heavy atom. The molecular formula is C13H15N3OS2. The molecule has 4 nitrogen and oxygen atoms in total. The average Bonchev–Trinajstić information content (AvgIpc) is 3.09. The number of rotatable bonds is 4. The fourth-order valence-corrected chi connectivity index (χ4v) is 3.82. The maximum atomic E-state index is 11.4. The minimum absolute atomic E-state index is 0.223.